The van der Waals surface area contributed by atoms with Crippen LogP contribution < -0.4 is 10.6 Å². The van der Waals surface area contributed by atoms with Crippen LogP contribution in [0.1, 0.15) is 19.8 Å². The Kier molecular flexibility index (Phi) is 5.62. The van der Waals surface area contributed by atoms with Crippen molar-refractivity contribution in [3.63, 3.8) is 0 Å². The van der Waals surface area contributed by atoms with Gasteiger partial charge in [0.25, 0.3) is 0 Å². The summed E-state index contributed by atoms with van der Waals surface area (Å²) in [5.41, 5.74) is 0. The number of carboxylic acid groups (broad SMARTS) is 1. The molecule has 0 aliphatic heterocycles. The Morgan fingerprint density at radius 3 is 2.83 bits per heavy atom. The molecule has 100 valence electrons. The Labute approximate surface area is 104 Å². The number of urea groups is 1. The van der Waals surface area contributed by atoms with E-state index in [1.807, 2.05) is 0 Å². The molecule has 0 unspecified atom stereocenters. The van der Waals surface area contributed by atoms with Gasteiger partial charge in [-0.1, -0.05) is 12.1 Å². The summed E-state index contributed by atoms with van der Waals surface area (Å²) in [5, 5.41) is 21.2. The SMILES string of the molecule is CC[C@@H](NC(=O)NCCCn1ccnn1)C(=O)O. The smallest absolute Gasteiger partial charge is 0.326 e. The van der Waals surface area contributed by atoms with Crippen LogP contribution in [-0.2, 0) is 11.3 Å². The average molecular weight is 255 g/mol. The fourth-order valence-corrected chi connectivity index (χ4v) is 1.34. The fourth-order valence-electron chi connectivity index (χ4n) is 1.34. The highest BCUT2D eigenvalue weighted by molar-refractivity contribution is 5.82. The van der Waals surface area contributed by atoms with Crippen LogP contribution in [0.15, 0.2) is 12.4 Å². The Morgan fingerprint density at radius 1 is 1.50 bits per heavy atom. The number of carbonyl (C=O) groups excluding carboxylic acids is 1. The molecule has 8 nitrogen and oxygen atoms in total. The second kappa shape index (κ2) is 7.25. The number of aryl methyl sites for hydroxylation is 1. The number of carboxylic acids is 1. The predicted octanol–water partition coefficient (Wildman–Crippen LogP) is -0.169. The van der Waals surface area contributed by atoms with Crippen molar-refractivity contribution < 1.29 is 14.7 Å². The maximum atomic E-state index is 11.4. The van der Waals surface area contributed by atoms with Gasteiger partial charge >= 0.3 is 12.0 Å². The number of nitrogens with one attached hydrogen (secondary N) is 2. The third-order valence-corrected chi connectivity index (χ3v) is 2.33. The van der Waals surface area contributed by atoms with Gasteiger partial charge in [-0.25, -0.2) is 9.59 Å². The number of rotatable bonds is 7. The van der Waals surface area contributed by atoms with Crippen LogP contribution in [-0.4, -0.2) is 44.7 Å². The molecule has 1 aromatic rings. The lowest BCUT2D eigenvalue weighted by Crippen LogP contribution is -2.45. The van der Waals surface area contributed by atoms with Crippen LogP contribution in [0.5, 0.6) is 0 Å². The van der Waals surface area contributed by atoms with E-state index in [1.54, 1.807) is 24.0 Å². The van der Waals surface area contributed by atoms with E-state index in [4.69, 9.17) is 5.11 Å². The van der Waals surface area contributed by atoms with E-state index in [0.717, 1.165) is 0 Å². The quantitative estimate of drug-likeness (QED) is 0.586. The molecule has 0 saturated carbocycles. The van der Waals surface area contributed by atoms with E-state index in [2.05, 4.69) is 20.9 Å². The summed E-state index contributed by atoms with van der Waals surface area (Å²) in [4.78, 5) is 22.0. The maximum absolute atomic E-state index is 11.4. The third-order valence-electron chi connectivity index (χ3n) is 2.33. The number of aromatic nitrogens is 3. The fraction of sp³-hybridized carbons (Fsp3) is 0.600. The Bertz CT molecular complexity index is 379. The zero-order valence-electron chi connectivity index (χ0n) is 10.2. The Hall–Kier alpha value is -2.12. The molecule has 0 spiro atoms. The van der Waals surface area contributed by atoms with Gasteiger partial charge in [-0.15, -0.1) is 5.10 Å². The molecule has 0 fully saturated rings. The summed E-state index contributed by atoms with van der Waals surface area (Å²) >= 11 is 0. The molecule has 18 heavy (non-hydrogen) atoms. The molecule has 1 rings (SSSR count). The van der Waals surface area contributed by atoms with Crippen molar-refractivity contribution in [1.82, 2.24) is 25.6 Å². The van der Waals surface area contributed by atoms with Crippen LogP contribution in [0.2, 0.25) is 0 Å². The van der Waals surface area contributed by atoms with Gasteiger partial charge in [0.1, 0.15) is 6.04 Å². The number of nitrogens with zero attached hydrogens (tertiary/aromatic N) is 3. The van der Waals surface area contributed by atoms with Gasteiger partial charge in [0, 0.05) is 19.3 Å². The molecule has 2 amide bonds. The monoisotopic (exact) mass is 255 g/mol. The molecule has 0 aliphatic carbocycles. The Morgan fingerprint density at radius 2 is 2.28 bits per heavy atom. The van der Waals surface area contributed by atoms with Gasteiger partial charge in [-0.3, -0.25) is 4.68 Å². The van der Waals surface area contributed by atoms with Gasteiger partial charge < -0.3 is 15.7 Å². The Balaban J connectivity index is 2.15. The second-order valence-electron chi connectivity index (χ2n) is 3.72. The maximum Gasteiger partial charge on any atom is 0.326 e. The van der Waals surface area contributed by atoms with E-state index in [1.165, 1.54) is 0 Å². The number of hydrogen-bond acceptors (Lipinski definition) is 4. The number of carbonyl (C=O) groups is 2. The molecular formula is C10H17N5O3. The minimum absolute atomic E-state index is 0.349. The van der Waals surface area contributed by atoms with Crippen LogP contribution in [0, 0.1) is 0 Å². The molecular weight excluding hydrogens is 238 g/mol. The van der Waals surface area contributed by atoms with Gasteiger partial charge in [0.05, 0.1) is 6.20 Å². The first kappa shape index (κ1) is 13.9. The van der Waals surface area contributed by atoms with Gasteiger partial charge in [0.2, 0.25) is 0 Å². The lowest BCUT2D eigenvalue weighted by molar-refractivity contribution is -0.139. The molecule has 1 aromatic heterocycles. The number of aliphatic carboxylic acids is 1. The van der Waals surface area contributed by atoms with Crippen molar-refractivity contribution in [3.05, 3.63) is 12.4 Å². The standard InChI is InChI=1S/C10H17N5O3/c1-2-8(9(16)17)13-10(18)11-4-3-6-15-7-5-12-14-15/h5,7-8H,2-4,6H2,1H3,(H,16,17)(H2,11,13,18)/t8-/m1/s1. The largest absolute Gasteiger partial charge is 0.480 e. The minimum atomic E-state index is -1.03. The molecule has 0 aliphatic rings. The van der Waals surface area contributed by atoms with Crippen molar-refractivity contribution in [2.75, 3.05) is 6.54 Å². The highest BCUT2D eigenvalue weighted by Gasteiger charge is 2.16. The van der Waals surface area contributed by atoms with Gasteiger partial charge in [-0.05, 0) is 12.8 Å². The summed E-state index contributed by atoms with van der Waals surface area (Å²) in [6.07, 6.45) is 4.36. The van der Waals surface area contributed by atoms with Crippen LogP contribution in [0.25, 0.3) is 0 Å². The highest BCUT2D eigenvalue weighted by Crippen LogP contribution is 1.90. The van der Waals surface area contributed by atoms with E-state index in [9.17, 15) is 9.59 Å². The first-order chi connectivity index (χ1) is 8.63. The molecule has 0 saturated heterocycles. The van der Waals surface area contributed by atoms with Crippen molar-refractivity contribution in [3.8, 4) is 0 Å². The summed E-state index contributed by atoms with van der Waals surface area (Å²) in [6.45, 7) is 2.79. The minimum Gasteiger partial charge on any atom is -0.480 e. The zero-order valence-corrected chi connectivity index (χ0v) is 10.2. The summed E-state index contributed by atoms with van der Waals surface area (Å²) < 4.78 is 1.66. The number of hydrogen-bond donors (Lipinski definition) is 3. The average Bonchev–Trinajstić information content (AvgIpc) is 2.84. The first-order valence-electron chi connectivity index (χ1n) is 5.74. The lowest BCUT2D eigenvalue weighted by Gasteiger charge is -2.12. The molecule has 0 bridgehead atoms. The topological polar surface area (TPSA) is 109 Å². The highest BCUT2D eigenvalue weighted by atomic mass is 16.4. The predicted molar refractivity (Wildman–Crippen MR) is 62.9 cm³/mol. The van der Waals surface area contributed by atoms with Crippen molar-refractivity contribution in [2.45, 2.75) is 32.4 Å². The zero-order chi connectivity index (χ0) is 13.4. The van der Waals surface area contributed by atoms with Crippen molar-refractivity contribution >= 4 is 12.0 Å². The van der Waals surface area contributed by atoms with Gasteiger partial charge in [0.15, 0.2) is 0 Å². The first-order valence-corrected chi connectivity index (χ1v) is 5.74. The second-order valence-corrected chi connectivity index (χ2v) is 3.72. The van der Waals surface area contributed by atoms with E-state index in [0.29, 0.717) is 25.9 Å². The summed E-state index contributed by atoms with van der Waals surface area (Å²) in [7, 11) is 0. The van der Waals surface area contributed by atoms with Gasteiger partial charge in [-0.2, -0.15) is 0 Å². The van der Waals surface area contributed by atoms with Crippen molar-refractivity contribution in [2.24, 2.45) is 0 Å². The summed E-state index contributed by atoms with van der Waals surface area (Å²) in [5.74, 6) is -1.03. The molecule has 0 radical (unpaired) electrons. The van der Waals surface area contributed by atoms with Crippen LogP contribution in [0.4, 0.5) is 4.79 Å². The van der Waals surface area contributed by atoms with Crippen LogP contribution >= 0.6 is 0 Å². The molecule has 0 aromatic carbocycles. The lowest BCUT2D eigenvalue weighted by atomic mass is 10.2. The molecule has 1 heterocycles. The third kappa shape index (κ3) is 4.81. The molecule has 1 atom stereocenters. The van der Waals surface area contributed by atoms with Crippen molar-refractivity contribution in [1.29, 1.82) is 0 Å². The number of amides is 2. The molecule has 8 heteroatoms. The van der Waals surface area contributed by atoms with E-state index < -0.39 is 18.0 Å². The molecule has 3 N–H and O–H groups in total. The van der Waals surface area contributed by atoms with E-state index >= 15 is 0 Å². The normalized spacial score (nSPS) is 11.8. The van der Waals surface area contributed by atoms with Crippen LogP contribution in [0.3, 0.4) is 0 Å². The summed E-state index contributed by atoms with van der Waals surface area (Å²) in [6, 6.07) is -1.32. The van der Waals surface area contributed by atoms with E-state index in [-0.39, 0.29) is 0 Å².